The number of amides is 2. The van der Waals surface area contributed by atoms with Crippen molar-refractivity contribution in [1.82, 2.24) is 10.7 Å². The molecule has 24 heavy (non-hydrogen) atoms. The lowest BCUT2D eigenvalue weighted by Crippen LogP contribution is -2.32. The highest BCUT2D eigenvalue weighted by molar-refractivity contribution is 6.03. The van der Waals surface area contributed by atoms with Crippen LogP contribution >= 0.6 is 0 Å². The number of nitrogens with zero attached hydrogens (tertiary/aromatic N) is 1. The number of phenols is 1. The average molecular weight is 327 g/mol. The maximum Gasteiger partial charge on any atom is 0.249 e. The highest BCUT2D eigenvalue weighted by Crippen LogP contribution is 2.25. The second-order valence-electron chi connectivity index (χ2n) is 5.89. The lowest BCUT2D eigenvalue weighted by molar-refractivity contribution is -0.129. The van der Waals surface area contributed by atoms with Crippen molar-refractivity contribution < 1.29 is 14.7 Å². The Labute approximate surface area is 140 Å². The summed E-state index contributed by atoms with van der Waals surface area (Å²) in [6.45, 7) is 4.47. The van der Waals surface area contributed by atoms with Gasteiger partial charge in [-0.25, -0.2) is 5.43 Å². The average Bonchev–Trinajstić information content (AvgIpc) is 2.55. The van der Waals surface area contributed by atoms with E-state index in [2.05, 4.69) is 15.8 Å². The van der Waals surface area contributed by atoms with E-state index in [4.69, 9.17) is 0 Å². The Morgan fingerprint density at radius 1 is 1.17 bits per heavy atom. The van der Waals surface area contributed by atoms with Crippen LogP contribution in [0.3, 0.4) is 0 Å². The molecule has 6 heteroatoms. The van der Waals surface area contributed by atoms with Crippen molar-refractivity contribution in [2.24, 2.45) is 11.0 Å². The van der Waals surface area contributed by atoms with Gasteiger partial charge in [0.25, 0.3) is 0 Å². The summed E-state index contributed by atoms with van der Waals surface area (Å²) in [6.07, 6.45) is 1.09. The molecule has 0 fully saturated rings. The predicted molar refractivity (Wildman–Crippen MR) is 93.8 cm³/mol. The molecule has 2 amide bonds. The second-order valence-corrected chi connectivity index (χ2v) is 5.89. The van der Waals surface area contributed by atoms with E-state index in [1.54, 1.807) is 12.1 Å². The fourth-order valence-electron chi connectivity index (χ4n) is 2.15. The largest absolute Gasteiger partial charge is 0.507 e. The van der Waals surface area contributed by atoms with Crippen molar-refractivity contribution in [3.63, 3.8) is 0 Å². The molecule has 2 rings (SSSR count). The molecular formula is C18H21N3O3. The smallest absolute Gasteiger partial charge is 0.249 e. The van der Waals surface area contributed by atoms with Crippen LogP contribution in [-0.2, 0) is 9.59 Å². The number of aromatic hydroxyl groups is 1. The Morgan fingerprint density at radius 2 is 1.92 bits per heavy atom. The van der Waals surface area contributed by atoms with Crippen LogP contribution in [0.2, 0.25) is 0 Å². The van der Waals surface area contributed by atoms with Gasteiger partial charge in [0.1, 0.15) is 12.2 Å². The van der Waals surface area contributed by atoms with Crippen LogP contribution in [0, 0.1) is 5.92 Å². The monoisotopic (exact) mass is 327 g/mol. The van der Waals surface area contributed by atoms with Crippen molar-refractivity contribution in [3.8, 4) is 5.75 Å². The third-order valence-corrected chi connectivity index (χ3v) is 3.36. The fraction of sp³-hybridized carbons (Fsp3) is 0.278. The van der Waals surface area contributed by atoms with Gasteiger partial charge in [-0.1, -0.05) is 44.2 Å². The molecule has 2 aromatic rings. The second kappa shape index (κ2) is 8.10. The first-order valence-corrected chi connectivity index (χ1v) is 7.76. The third-order valence-electron chi connectivity index (χ3n) is 3.36. The summed E-state index contributed by atoms with van der Waals surface area (Å²) in [4.78, 5) is 23.2. The zero-order valence-corrected chi connectivity index (χ0v) is 13.7. The van der Waals surface area contributed by atoms with Gasteiger partial charge in [0.15, 0.2) is 0 Å². The number of phenolic OH excluding ortho intramolecular Hbond substituents is 1. The molecule has 0 aromatic heterocycles. The fourth-order valence-corrected chi connectivity index (χ4v) is 2.15. The van der Waals surface area contributed by atoms with E-state index in [9.17, 15) is 14.7 Å². The van der Waals surface area contributed by atoms with E-state index in [0.29, 0.717) is 18.0 Å². The zero-order chi connectivity index (χ0) is 17.5. The molecule has 0 aliphatic carbocycles. The molecule has 0 saturated heterocycles. The molecule has 2 aromatic carbocycles. The van der Waals surface area contributed by atoms with Gasteiger partial charge in [0.05, 0.1) is 6.21 Å². The highest BCUT2D eigenvalue weighted by Gasteiger charge is 2.09. The first kappa shape index (κ1) is 17.5. The van der Waals surface area contributed by atoms with Gasteiger partial charge in [-0.2, -0.15) is 5.10 Å². The van der Waals surface area contributed by atoms with Gasteiger partial charge in [0.2, 0.25) is 11.8 Å². The molecule has 6 nitrogen and oxygen atoms in total. The standard InChI is InChI=1S/C18H21N3O3/c1-12(2)10-19-17(23)9-18(24)21-20-11-15-14-6-4-3-5-13(14)7-8-16(15)22/h3-8,11-12,22H,9-10H2,1-2H3,(H,19,23)(H,21,24)/b20-11-. The molecule has 126 valence electrons. The molecule has 0 aliphatic heterocycles. The Bertz CT molecular complexity index is 769. The Hall–Kier alpha value is -2.89. The van der Waals surface area contributed by atoms with Crippen LogP contribution in [0.15, 0.2) is 41.5 Å². The summed E-state index contributed by atoms with van der Waals surface area (Å²) in [5, 5.41) is 18.3. The van der Waals surface area contributed by atoms with Gasteiger partial charge < -0.3 is 10.4 Å². The topological polar surface area (TPSA) is 90.8 Å². The summed E-state index contributed by atoms with van der Waals surface area (Å²) in [7, 11) is 0. The summed E-state index contributed by atoms with van der Waals surface area (Å²) < 4.78 is 0. The molecule has 0 saturated carbocycles. The Balaban J connectivity index is 1.98. The van der Waals surface area contributed by atoms with E-state index in [1.165, 1.54) is 6.21 Å². The molecule has 0 atom stereocenters. The van der Waals surface area contributed by atoms with Crippen molar-refractivity contribution in [2.75, 3.05) is 6.54 Å². The van der Waals surface area contributed by atoms with Crippen LogP contribution in [-0.4, -0.2) is 29.7 Å². The summed E-state index contributed by atoms with van der Waals surface area (Å²) in [5.74, 6) is -0.456. The maximum absolute atomic E-state index is 11.7. The Morgan fingerprint density at radius 3 is 2.67 bits per heavy atom. The number of benzene rings is 2. The van der Waals surface area contributed by atoms with E-state index >= 15 is 0 Å². The van der Waals surface area contributed by atoms with E-state index < -0.39 is 5.91 Å². The normalized spacial score (nSPS) is 11.1. The number of hydrazone groups is 1. The van der Waals surface area contributed by atoms with Crippen molar-refractivity contribution in [1.29, 1.82) is 0 Å². The lowest BCUT2D eigenvalue weighted by Gasteiger charge is -2.07. The zero-order valence-electron chi connectivity index (χ0n) is 13.7. The van der Waals surface area contributed by atoms with Crippen molar-refractivity contribution in [2.45, 2.75) is 20.3 Å². The number of rotatable bonds is 6. The minimum atomic E-state index is -0.507. The summed E-state index contributed by atoms with van der Waals surface area (Å²) in [5.41, 5.74) is 2.81. The molecule has 0 spiro atoms. The van der Waals surface area contributed by atoms with Crippen LogP contribution in [0.5, 0.6) is 5.75 Å². The molecule has 0 bridgehead atoms. The first-order chi connectivity index (χ1) is 11.5. The van der Waals surface area contributed by atoms with Crippen LogP contribution in [0.1, 0.15) is 25.8 Å². The number of hydrogen-bond donors (Lipinski definition) is 3. The third kappa shape index (κ3) is 4.81. The van der Waals surface area contributed by atoms with Gasteiger partial charge >= 0.3 is 0 Å². The van der Waals surface area contributed by atoms with Crippen LogP contribution in [0.25, 0.3) is 10.8 Å². The molecular weight excluding hydrogens is 306 g/mol. The number of nitrogens with one attached hydrogen (secondary N) is 2. The maximum atomic E-state index is 11.7. The molecule has 0 unspecified atom stereocenters. The van der Waals surface area contributed by atoms with Crippen LogP contribution in [0.4, 0.5) is 0 Å². The number of carbonyl (C=O) groups is 2. The summed E-state index contributed by atoms with van der Waals surface area (Å²) in [6, 6.07) is 10.9. The van der Waals surface area contributed by atoms with E-state index in [1.807, 2.05) is 38.1 Å². The number of carbonyl (C=O) groups excluding carboxylic acids is 2. The number of hydrogen-bond acceptors (Lipinski definition) is 4. The predicted octanol–water partition coefficient (Wildman–Crippen LogP) is 2.16. The van der Waals surface area contributed by atoms with Gasteiger partial charge in [-0.3, -0.25) is 9.59 Å². The van der Waals surface area contributed by atoms with E-state index in [0.717, 1.165) is 10.8 Å². The van der Waals surface area contributed by atoms with Gasteiger partial charge in [-0.05, 0) is 22.8 Å². The minimum Gasteiger partial charge on any atom is -0.507 e. The molecule has 0 heterocycles. The molecule has 0 radical (unpaired) electrons. The Kier molecular flexibility index (Phi) is 5.89. The highest BCUT2D eigenvalue weighted by atomic mass is 16.3. The SMILES string of the molecule is CC(C)CNC(=O)CC(=O)N/N=C\c1c(O)ccc2ccccc12. The number of fused-ring (bicyclic) bond motifs is 1. The van der Waals surface area contributed by atoms with Crippen molar-refractivity contribution >= 4 is 28.8 Å². The lowest BCUT2D eigenvalue weighted by atomic mass is 10.0. The molecule has 0 aliphatic rings. The van der Waals surface area contributed by atoms with Crippen molar-refractivity contribution in [3.05, 3.63) is 42.0 Å². The summed E-state index contributed by atoms with van der Waals surface area (Å²) >= 11 is 0. The molecule has 3 N–H and O–H groups in total. The van der Waals surface area contributed by atoms with Gasteiger partial charge in [-0.15, -0.1) is 0 Å². The van der Waals surface area contributed by atoms with Crippen LogP contribution < -0.4 is 10.7 Å². The minimum absolute atomic E-state index is 0.0707. The van der Waals surface area contributed by atoms with Gasteiger partial charge in [0, 0.05) is 12.1 Å². The van der Waals surface area contributed by atoms with E-state index in [-0.39, 0.29) is 18.1 Å². The first-order valence-electron chi connectivity index (χ1n) is 7.76. The quantitative estimate of drug-likeness (QED) is 0.431.